The Kier molecular flexibility index (Phi) is 4.50. The van der Waals surface area contributed by atoms with Crippen molar-refractivity contribution in [1.82, 2.24) is 4.90 Å². The maximum absolute atomic E-state index is 11.7. The molecule has 21 heavy (non-hydrogen) atoms. The van der Waals surface area contributed by atoms with Gasteiger partial charge in [-0.2, -0.15) is 0 Å². The van der Waals surface area contributed by atoms with Crippen LogP contribution in [0, 0.1) is 0 Å². The van der Waals surface area contributed by atoms with Crippen LogP contribution in [-0.2, 0) is 4.74 Å². The lowest BCUT2D eigenvalue weighted by atomic mass is 10.1. The number of carbonyl (C=O) groups excluding carboxylic acids is 1. The Morgan fingerprint density at radius 2 is 2.29 bits per heavy atom. The lowest BCUT2D eigenvalue weighted by molar-refractivity contribution is 0.0526. The average Bonchev–Trinajstić information content (AvgIpc) is 3.06. The number of fused-ring (bicyclic) bond motifs is 1. The number of hydrogen-bond donors (Lipinski definition) is 1. The Balaban J connectivity index is 1.70. The second-order valence-electron chi connectivity index (χ2n) is 5.70. The van der Waals surface area contributed by atoms with Crippen LogP contribution in [-0.4, -0.2) is 42.6 Å². The van der Waals surface area contributed by atoms with E-state index in [1.807, 2.05) is 25.1 Å². The van der Waals surface area contributed by atoms with E-state index in [1.165, 1.54) is 32.4 Å². The van der Waals surface area contributed by atoms with Crippen LogP contribution in [0.1, 0.15) is 36.5 Å². The standard InChI is InChI=1S/C16H21BrN2O2/c1-2-21-16(20)11-5-6-13(12(17)10-11)18-14-7-9-19-8-3-4-15(14)19/h5-6,10,14-15,18H,2-4,7-9H2,1H3. The number of esters is 1. The van der Waals surface area contributed by atoms with E-state index in [4.69, 9.17) is 4.74 Å². The van der Waals surface area contributed by atoms with E-state index in [1.54, 1.807) is 0 Å². The molecular weight excluding hydrogens is 332 g/mol. The molecule has 0 bridgehead atoms. The van der Waals surface area contributed by atoms with Gasteiger partial charge in [0.25, 0.3) is 0 Å². The van der Waals surface area contributed by atoms with Gasteiger partial charge in [-0.1, -0.05) is 0 Å². The number of anilines is 1. The van der Waals surface area contributed by atoms with Crippen molar-refractivity contribution in [3.63, 3.8) is 0 Å². The Bertz CT molecular complexity index is 535. The van der Waals surface area contributed by atoms with Crippen LogP contribution in [0.4, 0.5) is 5.69 Å². The van der Waals surface area contributed by atoms with E-state index in [2.05, 4.69) is 26.1 Å². The summed E-state index contributed by atoms with van der Waals surface area (Å²) in [4.78, 5) is 14.3. The number of hydrogen-bond acceptors (Lipinski definition) is 4. The number of nitrogens with one attached hydrogen (secondary N) is 1. The summed E-state index contributed by atoms with van der Waals surface area (Å²) in [7, 11) is 0. The summed E-state index contributed by atoms with van der Waals surface area (Å²) in [5, 5.41) is 3.64. The molecule has 2 unspecified atom stereocenters. The Morgan fingerprint density at radius 1 is 1.43 bits per heavy atom. The first-order valence-corrected chi connectivity index (χ1v) is 8.45. The van der Waals surface area contributed by atoms with Crippen molar-refractivity contribution in [2.24, 2.45) is 0 Å². The van der Waals surface area contributed by atoms with Gasteiger partial charge in [0, 0.05) is 28.8 Å². The summed E-state index contributed by atoms with van der Waals surface area (Å²) >= 11 is 3.56. The normalized spacial score (nSPS) is 24.9. The molecule has 1 N–H and O–H groups in total. The van der Waals surface area contributed by atoms with E-state index in [0.29, 0.717) is 24.3 Å². The van der Waals surface area contributed by atoms with Crippen LogP contribution in [0.3, 0.4) is 0 Å². The van der Waals surface area contributed by atoms with E-state index in [0.717, 1.165) is 10.2 Å². The summed E-state index contributed by atoms with van der Waals surface area (Å²) in [6.07, 6.45) is 3.79. The van der Waals surface area contributed by atoms with Gasteiger partial charge < -0.3 is 10.1 Å². The zero-order chi connectivity index (χ0) is 14.8. The molecule has 2 fully saturated rings. The third-order valence-corrected chi connectivity index (χ3v) is 5.08. The smallest absolute Gasteiger partial charge is 0.338 e. The van der Waals surface area contributed by atoms with Gasteiger partial charge in [-0.25, -0.2) is 4.79 Å². The molecule has 1 aromatic rings. The lowest BCUT2D eigenvalue weighted by Crippen LogP contribution is -2.33. The lowest BCUT2D eigenvalue weighted by Gasteiger charge is -2.23. The fourth-order valence-corrected chi connectivity index (χ4v) is 3.92. The van der Waals surface area contributed by atoms with Gasteiger partial charge in [-0.05, 0) is 66.9 Å². The minimum atomic E-state index is -0.271. The minimum absolute atomic E-state index is 0.271. The van der Waals surface area contributed by atoms with Crippen molar-refractivity contribution < 1.29 is 9.53 Å². The van der Waals surface area contributed by atoms with Crippen LogP contribution in [0.5, 0.6) is 0 Å². The maximum atomic E-state index is 11.7. The zero-order valence-corrected chi connectivity index (χ0v) is 13.9. The molecule has 3 rings (SSSR count). The van der Waals surface area contributed by atoms with Crippen LogP contribution < -0.4 is 5.32 Å². The van der Waals surface area contributed by atoms with Gasteiger partial charge in [0.1, 0.15) is 0 Å². The number of carbonyl (C=O) groups is 1. The number of benzene rings is 1. The molecule has 0 aliphatic carbocycles. The van der Waals surface area contributed by atoms with Crippen LogP contribution >= 0.6 is 15.9 Å². The number of halogens is 1. The predicted octanol–water partition coefficient (Wildman–Crippen LogP) is 3.27. The van der Waals surface area contributed by atoms with Crippen molar-refractivity contribution in [2.75, 3.05) is 25.0 Å². The molecule has 2 heterocycles. The van der Waals surface area contributed by atoms with E-state index in [-0.39, 0.29) is 5.97 Å². The van der Waals surface area contributed by atoms with Gasteiger partial charge >= 0.3 is 5.97 Å². The molecule has 2 aliphatic rings. The SMILES string of the molecule is CCOC(=O)c1ccc(NC2CCN3CCCC23)c(Br)c1. The highest BCUT2D eigenvalue weighted by atomic mass is 79.9. The first-order valence-electron chi connectivity index (χ1n) is 7.66. The molecule has 0 aromatic heterocycles. The van der Waals surface area contributed by atoms with E-state index in [9.17, 15) is 4.79 Å². The maximum Gasteiger partial charge on any atom is 0.338 e. The van der Waals surface area contributed by atoms with Gasteiger partial charge in [-0.15, -0.1) is 0 Å². The number of nitrogens with zero attached hydrogens (tertiary/aromatic N) is 1. The van der Waals surface area contributed by atoms with Gasteiger partial charge in [0.15, 0.2) is 0 Å². The second-order valence-corrected chi connectivity index (χ2v) is 6.55. The summed E-state index contributed by atoms with van der Waals surface area (Å²) in [5.74, 6) is -0.271. The van der Waals surface area contributed by atoms with Crippen molar-refractivity contribution >= 4 is 27.6 Å². The Labute approximate surface area is 134 Å². The quantitative estimate of drug-likeness (QED) is 0.844. The summed E-state index contributed by atoms with van der Waals surface area (Å²) < 4.78 is 5.95. The molecule has 1 aromatic carbocycles. The Morgan fingerprint density at radius 3 is 3.05 bits per heavy atom. The van der Waals surface area contributed by atoms with Gasteiger partial charge in [0.05, 0.1) is 12.2 Å². The summed E-state index contributed by atoms with van der Waals surface area (Å²) in [6, 6.07) is 6.81. The number of ether oxygens (including phenoxy) is 1. The largest absolute Gasteiger partial charge is 0.462 e. The summed E-state index contributed by atoms with van der Waals surface area (Å²) in [6.45, 7) is 4.65. The third-order valence-electron chi connectivity index (χ3n) is 4.43. The molecular formula is C16H21BrN2O2. The molecule has 0 amide bonds. The zero-order valence-electron chi connectivity index (χ0n) is 12.3. The number of rotatable bonds is 4. The fraction of sp³-hybridized carbons (Fsp3) is 0.562. The molecule has 0 saturated carbocycles. The van der Waals surface area contributed by atoms with Crippen LogP contribution in [0.15, 0.2) is 22.7 Å². The van der Waals surface area contributed by atoms with E-state index >= 15 is 0 Å². The van der Waals surface area contributed by atoms with Gasteiger partial charge in [-0.3, -0.25) is 4.90 Å². The predicted molar refractivity (Wildman–Crippen MR) is 86.7 cm³/mol. The molecule has 4 nitrogen and oxygen atoms in total. The minimum Gasteiger partial charge on any atom is -0.462 e. The van der Waals surface area contributed by atoms with Gasteiger partial charge in [0.2, 0.25) is 0 Å². The average molecular weight is 353 g/mol. The first-order chi connectivity index (χ1) is 10.2. The van der Waals surface area contributed by atoms with Crippen LogP contribution in [0.25, 0.3) is 0 Å². The molecule has 5 heteroatoms. The highest BCUT2D eigenvalue weighted by Crippen LogP contribution is 2.32. The fourth-order valence-electron chi connectivity index (χ4n) is 3.42. The first kappa shape index (κ1) is 14.9. The monoisotopic (exact) mass is 352 g/mol. The Hall–Kier alpha value is -1.07. The second kappa shape index (κ2) is 6.36. The molecule has 114 valence electrons. The third kappa shape index (κ3) is 3.09. The summed E-state index contributed by atoms with van der Waals surface area (Å²) in [5.41, 5.74) is 1.64. The molecule has 2 atom stereocenters. The molecule has 2 saturated heterocycles. The highest BCUT2D eigenvalue weighted by Gasteiger charge is 2.37. The van der Waals surface area contributed by atoms with Crippen molar-refractivity contribution in [3.8, 4) is 0 Å². The molecule has 2 aliphatic heterocycles. The highest BCUT2D eigenvalue weighted by molar-refractivity contribution is 9.10. The van der Waals surface area contributed by atoms with Crippen molar-refractivity contribution in [3.05, 3.63) is 28.2 Å². The van der Waals surface area contributed by atoms with Crippen molar-refractivity contribution in [1.29, 1.82) is 0 Å². The van der Waals surface area contributed by atoms with E-state index < -0.39 is 0 Å². The molecule has 0 spiro atoms. The van der Waals surface area contributed by atoms with Crippen molar-refractivity contribution in [2.45, 2.75) is 38.3 Å². The molecule has 0 radical (unpaired) electrons. The van der Waals surface area contributed by atoms with Crippen LogP contribution in [0.2, 0.25) is 0 Å². The topological polar surface area (TPSA) is 41.6 Å².